The first-order chi connectivity index (χ1) is 7.27. The van der Waals surface area contributed by atoms with Gasteiger partial charge in [-0.3, -0.25) is 4.99 Å². The molecule has 1 aliphatic rings. The number of nitrogens with two attached hydrogens (primary N) is 1. The molecule has 1 aromatic carbocycles. The second-order valence-electron chi connectivity index (χ2n) is 2.76. The van der Waals surface area contributed by atoms with Gasteiger partial charge in [-0.25, -0.2) is 0 Å². The van der Waals surface area contributed by atoms with Gasteiger partial charge in [0.25, 0.3) is 0 Å². The van der Waals surface area contributed by atoms with Crippen molar-refractivity contribution in [3.63, 3.8) is 0 Å². The second-order valence-corrected chi connectivity index (χ2v) is 3.67. The van der Waals surface area contributed by atoms with E-state index in [4.69, 9.17) is 10.5 Å². The Kier molecular flexibility index (Phi) is 4.91. The van der Waals surface area contributed by atoms with Crippen LogP contribution in [-0.2, 0) is 0 Å². The number of hydrogen-bond donors (Lipinski definition) is 1. The molecule has 0 aromatic heterocycles. The molecule has 0 spiro atoms. The largest absolute Gasteiger partial charge is 0.491 e. The summed E-state index contributed by atoms with van der Waals surface area (Å²) in [5, 5.41) is 0. The minimum Gasteiger partial charge on any atom is -0.491 e. The molecule has 15 heavy (non-hydrogen) atoms. The number of halogens is 2. The second kappa shape index (κ2) is 5.98. The molecule has 0 saturated heterocycles. The first kappa shape index (κ1) is 12.3. The third kappa shape index (κ3) is 3.11. The van der Waals surface area contributed by atoms with Crippen LogP contribution in [0.3, 0.4) is 0 Å². The summed E-state index contributed by atoms with van der Waals surface area (Å²) in [6.07, 6.45) is 1.47. The molecule has 0 radical (unpaired) electrons. The molecule has 82 valence electrons. The van der Waals surface area contributed by atoms with Crippen LogP contribution in [0.2, 0.25) is 0 Å². The molecule has 0 unspecified atom stereocenters. The fourth-order valence-corrected chi connectivity index (χ4v) is 1.57. The Balaban J connectivity index is 0.000000531. The van der Waals surface area contributed by atoms with E-state index >= 15 is 0 Å². The third-order valence-electron chi connectivity index (χ3n) is 1.85. The highest BCUT2D eigenvalue weighted by molar-refractivity contribution is 9.10. The van der Waals surface area contributed by atoms with Crippen molar-refractivity contribution in [2.75, 3.05) is 19.5 Å². The maximum atomic E-state index is 5.75. The highest BCUT2D eigenvalue weighted by atomic mass is 79.9. The van der Waals surface area contributed by atoms with Gasteiger partial charge in [0.15, 0.2) is 0 Å². The van der Waals surface area contributed by atoms with Gasteiger partial charge in [0.05, 0.1) is 12.1 Å². The maximum absolute atomic E-state index is 5.75. The lowest BCUT2D eigenvalue weighted by atomic mass is 10.2. The van der Waals surface area contributed by atoms with Crippen LogP contribution in [0.1, 0.15) is 5.56 Å². The third-order valence-corrected chi connectivity index (χ3v) is 2.34. The van der Waals surface area contributed by atoms with Crippen LogP contribution >= 0.6 is 27.5 Å². The molecule has 0 bridgehead atoms. The van der Waals surface area contributed by atoms with Crippen molar-refractivity contribution in [2.24, 2.45) is 10.7 Å². The van der Waals surface area contributed by atoms with Crippen LogP contribution in [0.4, 0.5) is 0 Å². The summed E-state index contributed by atoms with van der Waals surface area (Å²) >= 11 is 8.01. The molecule has 0 fully saturated rings. The van der Waals surface area contributed by atoms with Gasteiger partial charge in [0.2, 0.25) is 0 Å². The van der Waals surface area contributed by atoms with Gasteiger partial charge in [-0.1, -0.05) is 15.9 Å². The average molecular weight is 292 g/mol. The van der Waals surface area contributed by atoms with Gasteiger partial charge in [-0.05, 0) is 18.2 Å². The van der Waals surface area contributed by atoms with E-state index in [9.17, 15) is 0 Å². The van der Waals surface area contributed by atoms with Crippen molar-refractivity contribution in [3.05, 3.63) is 28.2 Å². The van der Waals surface area contributed by atoms with E-state index in [0.717, 1.165) is 15.8 Å². The Labute approximate surface area is 102 Å². The summed E-state index contributed by atoms with van der Waals surface area (Å²) in [5.41, 5.74) is 6.63. The van der Waals surface area contributed by atoms with E-state index in [2.05, 4.69) is 32.5 Å². The van der Waals surface area contributed by atoms with Crippen molar-refractivity contribution in [1.82, 2.24) is 0 Å². The van der Waals surface area contributed by atoms with Gasteiger partial charge in [-0.15, -0.1) is 11.6 Å². The van der Waals surface area contributed by atoms with Crippen LogP contribution in [0.15, 0.2) is 27.7 Å². The predicted molar refractivity (Wildman–Crippen MR) is 67.0 cm³/mol. The molecule has 0 saturated carbocycles. The first-order valence-electron chi connectivity index (χ1n) is 4.38. The molecule has 0 amide bonds. The zero-order valence-corrected chi connectivity index (χ0v) is 10.7. The fraction of sp³-hybridized carbons (Fsp3) is 0.300. The number of amidine groups is 1. The van der Waals surface area contributed by atoms with Gasteiger partial charge in [0, 0.05) is 10.9 Å². The topological polar surface area (TPSA) is 47.6 Å². The zero-order valence-electron chi connectivity index (χ0n) is 8.34. The molecular weight excluding hydrogens is 279 g/mol. The van der Waals surface area contributed by atoms with Gasteiger partial charge in [-0.2, -0.15) is 0 Å². The number of nitrogens with zero attached hydrogens (tertiary/aromatic N) is 1. The quantitative estimate of drug-likeness (QED) is 0.746. The van der Waals surface area contributed by atoms with Crippen molar-refractivity contribution in [1.29, 1.82) is 0 Å². The van der Waals surface area contributed by atoms with Gasteiger partial charge < -0.3 is 10.5 Å². The Morgan fingerprint density at radius 2 is 2.20 bits per heavy atom. The molecule has 5 heteroatoms. The van der Waals surface area contributed by atoms with E-state index in [0.29, 0.717) is 19.0 Å². The van der Waals surface area contributed by atoms with Gasteiger partial charge >= 0.3 is 0 Å². The summed E-state index contributed by atoms with van der Waals surface area (Å²) in [7, 11) is 0. The van der Waals surface area contributed by atoms with Crippen molar-refractivity contribution in [3.8, 4) is 5.75 Å². The van der Waals surface area contributed by atoms with Crippen LogP contribution in [-0.4, -0.2) is 25.4 Å². The summed E-state index contributed by atoms with van der Waals surface area (Å²) < 4.78 is 6.46. The molecule has 1 aromatic rings. The van der Waals surface area contributed by atoms with E-state index < -0.39 is 0 Å². The highest BCUT2D eigenvalue weighted by Gasteiger charge is 2.10. The standard InChI is InChI=1S/C9H9BrN2O.CH3Cl/c10-6-1-2-7-8(5-6)13-4-3-12-9(7)11;1-2/h1-2,5H,3-4H2,(H2,11,12);1H3. The van der Waals surface area contributed by atoms with E-state index in [1.54, 1.807) is 0 Å². The summed E-state index contributed by atoms with van der Waals surface area (Å²) in [6, 6.07) is 5.74. The maximum Gasteiger partial charge on any atom is 0.131 e. The molecule has 2 rings (SSSR count). The van der Waals surface area contributed by atoms with Gasteiger partial charge in [0.1, 0.15) is 18.2 Å². The molecule has 0 aliphatic carbocycles. The Morgan fingerprint density at radius 3 is 2.93 bits per heavy atom. The number of alkyl halides is 1. The number of rotatable bonds is 0. The summed E-state index contributed by atoms with van der Waals surface area (Å²) in [5.74, 6) is 1.35. The van der Waals surface area contributed by atoms with E-state index in [1.165, 1.54) is 6.38 Å². The van der Waals surface area contributed by atoms with Crippen LogP contribution in [0.25, 0.3) is 0 Å². The molecule has 1 aliphatic heterocycles. The van der Waals surface area contributed by atoms with Crippen molar-refractivity contribution < 1.29 is 4.74 Å². The molecule has 2 N–H and O–H groups in total. The Bertz CT molecular complexity index is 368. The monoisotopic (exact) mass is 290 g/mol. The highest BCUT2D eigenvalue weighted by Crippen LogP contribution is 2.24. The normalized spacial score (nSPS) is 13.7. The number of fused-ring (bicyclic) bond motifs is 1. The molecule has 3 nitrogen and oxygen atoms in total. The minimum atomic E-state index is 0.556. The molecule has 1 heterocycles. The lowest BCUT2D eigenvalue weighted by Gasteiger charge is -2.06. The fourth-order valence-electron chi connectivity index (χ4n) is 1.23. The minimum absolute atomic E-state index is 0.556. The summed E-state index contributed by atoms with van der Waals surface area (Å²) in [6.45, 7) is 1.21. The first-order valence-corrected chi connectivity index (χ1v) is 5.93. The lowest BCUT2D eigenvalue weighted by molar-refractivity contribution is 0.331. The number of aliphatic imine (C=N–C) groups is 1. The number of ether oxygens (including phenoxy) is 1. The average Bonchev–Trinajstić information content (AvgIpc) is 2.43. The van der Waals surface area contributed by atoms with E-state index in [1.807, 2.05) is 18.2 Å². The summed E-state index contributed by atoms with van der Waals surface area (Å²) in [4.78, 5) is 4.15. The zero-order chi connectivity index (χ0) is 11.3. The lowest BCUT2D eigenvalue weighted by Crippen LogP contribution is -2.12. The van der Waals surface area contributed by atoms with E-state index in [-0.39, 0.29) is 0 Å². The number of hydrogen-bond acceptors (Lipinski definition) is 3. The van der Waals surface area contributed by atoms with Crippen molar-refractivity contribution >= 4 is 33.4 Å². The molecular formula is C10H12BrClN2O. The van der Waals surface area contributed by atoms with Crippen molar-refractivity contribution in [2.45, 2.75) is 0 Å². The number of benzene rings is 1. The van der Waals surface area contributed by atoms with Crippen LogP contribution in [0, 0.1) is 0 Å². The van der Waals surface area contributed by atoms with Crippen LogP contribution < -0.4 is 10.5 Å². The SMILES string of the molecule is CCl.NC1=NCCOc2cc(Br)ccc21. The molecule has 0 atom stereocenters. The smallest absolute Gasteiger partial charge is 0.131 e. The Morgan fingerprint density at radius 1 is 1.47 bits per heavy atom. The van der Waals surface area contributed by atoms with Crippen LogP contribution in [0.5, 0.6) is 5.75 Å². The predicted octanol–water partition coefficient (Wildman–Crippen LogP) is 2.40. The Hall–Kier alpha value is -0.740.